The van der Waals surface area contributed by atoms with Crippen molar-refractivity contribution in [2.75, 3.05) is 0 Å². The van der Waals surface area contributed by atoms with Gasteiger partial charge in [0.15, 0.2) is 0 Å². The second-order valence-electron chi connectivity index (χ2n) is 16.2. The van der Waals surface area contributed by atoms with Crippen molar-refractivity contribution in [2.24, 2.45) is 11.8 Å². The molecule has 284 valence electrons. The second kappa shape index (κ2) is 24.6. The Morgan fingerprint density at radius 3 is 1.12 bits per heavy atom. The summed E-state index contributed by atoms with van der Waals surface area (Å²) in [6.45, 7) is 4.57. The van der Waals surface area contributed by atoms with Gasteiger partial charge in [-0.15, -0.1) is 0 Å². The van der Waals surface area contributed by atoms with Crippen molar-refractivity contribution in [1.29, 1.82) is 0 Å². The predicted molar refractivity (Wildman–Crippen MR) is 213 cm³/mol. The molecule has 0 spiro atoms. The molecule has 0 radical (unpaired) electrons. The highest BCUT2D eigenvalue weighted by Gasteiger charge is 2.23. The van der Waals surface area contributed by atoms with E-state index in [2.05, 4.69) is 38.1 Å². The van der Waals surface area contributed by atoms with Crippen LogP contribution in [0.1, 0.15) is 210 Å². The predicted octanol–water partition coefficient (Wildman–Crippen LogP) is 14.2. The van der Waals surface area contributed by atoms with Crippen LogP contribution in [0.15, 0.2) is 48.5 Å². The molecule has 0 unspecified atom stereocenters. The van der Waals surface area contributed by atoms with Crippen molar-refractivity contribution in [3.63, 3.8) is 0 Å². The molecule has 2 aromatic carbocycles. The molecule has 0 aromatic heterocycles. The van der Waals surface area contributed by atoms with Crippen molar-refractivity contribution in [3.8, 4) is 11.5 Å². The molecule has 0 saturated heterocycles. The summed E-state index contributed by atoms with van der Waals surface area (Å²) in [6, 6.07) is 16.7. The maximum absolute atomic E-state index is 12.4. The molecule has 2 saturated carbocycles. The minimum atomic E-state index is -0.114. The summed E-state index contributed by atoms with van der Waals surface area (Å²) in [6.07, 6.45) is 32.5. The van der Waals surface area contributed by atoms with Gasteiger partial charge in [0.05, 0.1) is 0 Å². The fourth-order valence-corrected chi connectivity index (χ4v) is 8.69. The van der Waals surface area contributed by atoms with Gasteiger partial charge >= 0.3 is 11.9 Å². The zero-order chi connectivity index (χ0) is 35.9. The van der Waals surface area contributed by atoms with Crippen LogP contribution in [-0.4, -0.2) is 11.9 Å². The van der Waals surface area contributed by atoms with Crippen LogP contribution in [0.4, 0.5) is 0 Å². The number of ether oxygens (including phenoxy) is 2. The van der Waals surface area contributed by atoms with E-state index in [4.69, 9.17) is 9.47 Å². The minimum Gasteiger partial charge on any atom is -0.427 e. The Bertz CT molecular complexity index is 1110. The van der Waals surface area contributed by atoms with Gasteiger partial charge in [-0.2, -0.15) is 0 Å². The topological polar surface area (TPSA) is 52.6 Å². The lowest BCUT2D eigenvalue weighted by atomic mass is 9.77. The molecule has 2 aliphatic rings. The van der Waals surface area contributed by atoms with Crippen LogP contribution in [0, 0.1) is 11.8 Å². The fraction of sp³-hybridized carbons (Fsp3) is 0.702. The van der Waals surface area contributed by atoms with E-state index in [0.717, 1.165) is 50.4 Å². The quantitative estimate of drug-likeness (QED) is 0.0621. The Morgan fingerprint density at radius 2 is 0.784 bits per heavy atom. The van der Waals surface area contributed by atoms with E-state index in [0.29, 0.717) is 36.2 Å². The van der Waals surface area contributed by atoms with Gasteiger partial charge in [-0.25, -0.2) is 0 Å². The minimum absolute atomic E-state index is 0.114. The summed E-state index contributed by atoms with van der Waals surface area (Å²) in [5.41, 5.74) is 2.81. The number of carbonyl (C=O) groups is 2. The lowest BCUT2D eigenvalue weighted by Gasteiger charge is -2.29. The standard InChI is InChI=1S/C47H72O4/c1-3-5-14-18-38-22-26-40(27-23-38)42-30-34-44(35-31-42)50-46(48)20-16-12-10-8-7-9-11-13-17-21-47(49)51-45-36-32-43(33-37-45)41-28-24-39(25-29-41)19-15-6-4-2/h30-41H,3-29H2,1-2H3. The Labute approximate surface area is 312 Å². The van der Waals surface area contributed by atoms with Crippen LogP contribution >= 0.6 is 0 Å². The van der Waals surface area contributed by atoms with Crippen molar-refractivity contribution >= 4 is 11.9 Å². The number of rotatable bonds is 24. The number of benzene rings is 2. The van der Waals surface area contributed by atoms with Gasteiger partial charge in [-0.05, 0) is 123 Å². The van der Waals surface area contributed by atoms with Gasteiger partial charge in [0.1, 0.15) is 11.5 Å². The molecule has 4 heteroatoms. The summed E-state index contributed by atoms with van der Waals surface area (Å²) < 4.78 is 11.3. The summed E-state index contributed by atoms with van der Waals surface area (Å²) in [5, 5.41) is 0. The smallest absolute Gasteiger partial charge is 0.311 e. The first-order chi connectivity index (χ1) is 25.0. The number of carbonyl (C=O) groups excluding carboxylic acids is 2. The monoisotopic (exact) mass is 701 g/mol. The Morgan fingerprint density at radius 1 is 0.451 bits per heavy atom. The fourth-order valence-electron chi connectivity index (χ4n) is 8.69. The van der Waals surface area contributed by atoms with Gasteiger partial charge in [0.2, 0.25) is 0 Å². The summed E-state index contributed by atoms with van der Waals surface area (Å²) in [7, 11) is 0. The largest absolute Gasteiger partial charge is 0.427 e. The lowest BCUT2D eigenvalue weighted by Crippen LogP contribution is -2.13. The Kier molecular flexibility index (Phi) is 19.8. The highest BCUT2D eigenvalue weighted by Crippen LogP contribution is 2.39. The molecule has 4 nitrogen and oxygen atoms in total. The molecular formula is C47H72O4. The van der Waals surface area contributed by atoms with Gasteiger partial charge < -0.3 is 9.47 Å². The molecule has 0 bridgehead atoms. The molecule has 0 atom stereocenters. The third-order valence-corrected chi connectivity index (χ3v) is 12.1. The van der Waals surface area contributed by atoms with E-state index in [1.165, 1.54) is 133 Å². The van der Waals surface area contributed by atoms with E-state index in [-0.39, 0.29) is 11.9 Å². The van der Waals surface area contributed by atoms with Gasteiger partial charge in [0.25, 0.3) is 0 Å². The number of hydrogen-bond acceptors (Lipinski definition) is 4. The highest BCUT2D eigenvalue weighted by atomic mass is 16.5. The molecule has 51 heavy (non-hydrogen) atoms. The number of hydrogen-bond donors (Lipinski definition) is 0. The van der Waals surface area contributed by atoms with E-state index in [1.807, 2.05) is 24.3 Å². The van der Waals surface area contributed by atoms with Crippen LogP contribution < -0.4 is 9.47 Å². The number of esters is 2. The summed E-state index contributed by atoms with van der Waals surface area (Å²) in [4.78, 5) is 24.8. The Balaban J connectivity index is 0.943. The molecule has 0 N–H and O–H groups in total. The first-order valence-electron chi connectivity index (χ1n) is 21.6. The van der Waals surface area contributed by atoms with Crippen LogP contribution in [0.2, 0.25) is 0 Å². The van der Waals surface area contributed by atoms with Crippen molar-refractivity contribution in [1.82, 2.24) is 0 Å². The zero-order valence-corrected chi connectivity index (χ0v) is 32.7. The van der Waals surface area contributed by atoms with Gasteiger partial charge in [-0.3, -0.25) is 9.59 Å². The lowest BCUT2D eigenvalue weighted by molar-refractivity contribution is -0.135. The number of unbranched alkanes of at least 4 members (excludes halogenated alkanes) is 12. The van der Waals surface area contributed by atoms with Crippen molar-refractivity contribution < 1.29 is 19.1 Å². The molecule has 0 aliphatic heterocycles. The van der Waals surface area contributed by atoms with Crippen molar-refractivity contribution in [3.05, 3.63) is 59.7 Å². The molecular weight excluding hydrogens is 629 g/mol. The SMILES string of the molecule is CCCCCC1CCC(c2ccc(OC(=O)CCCCCCCCCCCC(=O)Oc3ccc(C4CCC(CCCCC)CC4)cc3)cc2)CC1. The third kappa shape index (κ3) is 16.3. The normalized spacial score (nSPS) is 20.6. The Hall–Kier alpha value is -2.62. The average molecular weight is 701 g/mol. The molecule has 0 amide bonds. The average Bonchev–Trinajstić information content (AvgIpc) is 3.15. The highest BCUT2D eigenvalue weighted by molar-refractivity contribution is 5.72. The van der Waals surface area contributed by atoms with Crippen LogP contribution in [0.25, 0.3) is 0 Å². The zero-order valence-electron chi connectivity index (χ0n) is 32.7. The van der Waals surface area contributed by atoms with Gasteiger partial charge in [0, 0.05) is 12.8 Å². The molecule has 2 aliphatic carbocycles. The first kappa shape index (κ1) is 41.1. The molecule has 4 rings (SSSR count). The molecule has 2 aromatic rings. The maximum atomic E-state index is 12.4. The van der Waals surface area contributed by atoms with E-state index < -0.39 is 0 Å². The summed E-state index contributed by atoms with van der Waals surface area (Å²) >= 11 is 0. The maximum Gasteiger partial charge on any atom is 0.311 e. The second-order valence-corrected chi connectivity index (χ2v) is 16.2. The first-order valence-corrected chi connectivity index (χ1v) is 21.6. The van der Waals surface area contributed by atoms with Crippen LogP contribution in [-0.2, 0) is 9.59 Å². The molecule has 2 fully saturated rings. The van der Waals surface area contributed by atoms with Crippen LogP contribution in [0.3, 0.4) is 0 Å². The molecule has 0 heterocycles. The van der Waals surface area contributed by atoms with Crippen LogP contribution in [0.5, 0.6) is 11.5 Å². The van der Waals surface area contributed by atoms with E-state index >= 15 is 0 Å². The van der Waals surface area contributed by atoms with E-state index in [9.17, 15) is 9.59 Å². The van der Waals surface area contributed by atoms with Gasteiger partial charge in [-0.1, -0.05) is 134 Å². The van der Waals surface area contributed by atoms with E-state index in [1.54, 1.807) is 0 Å². The third-order valence-electron chi connectivity index (χ3n) is 12.1. The van der Waals surface area contributed by atoms with Crippen molar-refractivity contribution in [2.45, 2.75) is 199 Å². The summed E-state index contributed by atoms with van der Waals surface area (Å²) in [5.74, 6) is 4.31.